The van der Waals surface area contributed by atoms with Crippen LogP contribution in [0.1, 0.15) is 29.3 Å². The van der Waals surface area contributed by atoms with E-state index in [0.29, 0.717) is 5.00 Å². The van der Waals surface area contributed by atoms with E-state index in [9.17, 15) is 4.79 Å². The van der Waals surface area contributed by atoms with Crippen molar-refractivity contribution in [2.75, 3.05) is 5.32 Å². The van der Waals surface area contributed by atoms with Gasteiger partial charge in [-0.2, -0.15) is 0 Å². The zero-order valence-corrected chi connectivity index (χ0v) is 10.1. The Kier molecular flexibility index (Phi) is 3.05. The summed E-state index contributed by atoms with van der Waals surface area (Å²) in [6.07, 6.45) is 1.60. The molecule has 7 nitrogen and oxygen atoms in total. The van der Waals surface area contributed by atoms with Gasteiger partial charge in [0.2, 0.25) is 0 Å². The number of nitrogens with zero attached hydrogens (tertiary/aromatic N) is 4. The van der Waals surface area contributed by atoms with Crippen LogP contribution in [-0.2, 0) is 7.05 Å². The molecule has 8 heteroatoms. The third-order valence-electron chi connectivity index (χ3n) is 2.25. The molecule has 0 spiro atoms. The lowest BCUT2D eigenvalue weighted by Crippen LogP contribution is -2.13. The maximum atomic E-state index is 10.9. The van der Waals surface area contributed by atoms with Crippen molar-refractivity contribution in [3.63, 3.8) is 0 Å². The third-order valence-corrected chi connectivity index (χ3v) is 3.01. The molecule has 0 aliphatic carbocycles. The first kappa shape index (κ1) is 11.5. The highest BCUT2D eigenvalue weighted by Crippen LogP contribution is 2.24. The van der Waals surface area contributed by atoms with Gasteiger partial charge in [-0.1, -0.05) is 0 Å². The Bertz CT molecular complexity index is 535. The number of rotatable bonds is 4. The minimum atomic E-state index is -1.04. The van der Waals surface area contributed by atoms with Crippen molar-refractivity contribution in [3.05, 3.63) is 23.4 Å². The molecule has 2 aromatic heterocycles. The molecule has 0 saturated heterocycles. The Morgan fingerprint density at radius 2 is 2.41 bits per heavy atom. The van der Waals surface area contributed by atoms with E-state index in [2.05, 4.69) is 20.5 Å². The second kappa shape index (κ2) is 4.50. The van der Waals surface area contributed by atoms with Gasteiger partial charge in [-0.15, -0.1) is 21.5 Å². The van der Waals surface area contributed by atoms with Crippen molar-refractivity contribution in [2.45, 2.75) is 13.0 Å². The van der Waals surface area contributed by atoms with Crippen LogP contribution in [0.3, 0.4) is 0 Å². The molecule has 2 rings (SSSR count). The van der Waals surface area contributed by atoms with Gasteiger partial charge in [0.15, 0.2) is 11.5 Å². The number of carboxylic acid groups (broad SMARTS) is 1. The molecule has 0 radical (unpaired) electrons. The molecule has 0 saturated carbocycles. The van der Waals surface area contributed by atoms with Gasteiger partial charge in [0, 0.05) is 7.05 Å². The molecule has 0 fully saturated rings. The number of aromatic nitrogens is 4. The highest BCUT2D eigenvalue weighted by atomic mass is 32.1. The van der Waals surface area contributed by atoms with Crippen molar-refractivity contribution in [3.8, 4) is 0 Å². The summed E-state index contributed by atoms with van der Waals surface area (Å²) < 4.78 is 1.78. The molecule has 90 valence electrons. The van der Waals surface area contributed by atoms with Crippen LogP contribution in [0.5, 0.6) is 0 Å². The zero-order chi connectivity index (χ0) is 12.4. The van der Waals surface area contributed by atoms with Crippen LogP contribution < -0.4 is 5.32 Å². The molecule has 0 bridgehead atoms. The molecule has 0 aliphatic rings. The van der Waals surface area contributed by atoms with Crippen LogP contribution >= 0.6 is 11.3 Å². The monoisotopic (exact) mass is 253 g/mol. The second-order valence-corrected chi connectivity index (χ2v) is 4.36. The number of carbonyl (C=O) groups is 1. The van der Waals surface area contributed by atoms with E-state index in [-0.39, 0.29) is 11.7 Å². The van der Waals surface area contributed by atoms with Gasteiger partial charge in [-0.05, 0) is 6.92 Å². The number of aromatic carboxylic acids is 1. The van der Waals surface area contributed by atoms with Crippen LogP contribution in [0.15, 0.2) is 11.8 Å². The summed E-state index contributed by atoms with van der Waals surface area (Å²) in [5.74, 6) is -0.311. The molecule has 2 N–H and O–H groups in total. The number of anilines is 1. The van der Waals surface area contributed by atoms with Crippen LogP contribution in [0.2, 0.25) is 0 Å². The van der Waals surface area contributed by atoms with Crippen molar-refractivity contribution in [1.82, 2.24) is 19.7 Å². The standard InChI is InChI=1S/C9H11N5O2S/c1-5(7-13-11-3-14(7)2)12-8-6(9(15)16)10-4-17-8/h3-5,12H,1-2H3,(H,15,16). The normalized spacial score (nSPS) is 12.4. The molecule has 1 unspecified atom stereocenters. The van der Waals surface area contributed by atoms with E-state index in [1.165, 1.54) is 16.8 Å². The van der Waals surface area contributed by atoms with Gasteiger partial charge >= 0.3 is 5.97 Å². The Balaban J connectivity index is 2.19. The predicted octanol–water partition coefficient (Wildman–Crippen LogP) is 1.14. The lowest BCUT2D eigenvalue weighted by molar-refractivity contribution is 0.0692. The Hall–Kier alpha value is -1.96. The first-order chi connectivity index (χ1) is 8.09. The SMILES string of the molecule is CC(Nc1scnc1C(=O)O)c1nncn1C. The molecule has 0 amide bonds. The van der Waals surface area contributed by atoms with Crippen molar-refractivity contribution in [1.29, 1.82) is 0 Å². The minimum absolute atomic E-state index is 0.0315. The van der Waals surface area contributed by atoms with Gasteiger partial charge in [-0.3, -0.25) is 0 Å². The predicted molar refractivity (Wildman–Crippen MR) is 62.1 cm³/mol. The van der Waals surface area contributed by atoms with Crippen LogP contribution in [0.4, 0.5) is 5.00 Å². The Morgan fingerprint density at radius 3 is 3.00 bits per heavy atom. The smallest absolute Gasteiger partial charge is 0.357 e. The molecule has 1 atom stereocenters. The number of carboxylic acids is 1. The molecule has 2 heterocycles. The fourth-order valence-electron chi connectivity index (χ4n) is 1.45. The lowest BCUT2D eigenvalue weighted by atomic mass is 10.3. The lowest BCUT2D eigenvalue weighted by Gasteiger charge is -2.12. The van der Waals surface area contributed by atoms with Gasteiger partial charge in [-0.25, -0.2) is 9.78 Å². The Labute approximate surface area is 101 Å². The van der Waals surface area contributed by atoms with Gasteiger partial charge in [0.05, 0.1) is 11.6 Å². The van der Waals surface area contributed by atoms with Crippen molar-refractivity contribution < 1.29 is 9.90 Å². The summed E-state index contributed by atoms with van der Waals surface area (Å²) in [5.41, 5.74) is 1.53. The zero-order valence-electron chi connectivity index (χ0n) is 9.28. The highest BCUT2D eigenvalue weighted by Gasteiger charge is 2.18. The number of nitrogens with one attached hydrogen (secondary N) is 1. The summed E-state index contributed by atoms with van der Waals surface area (Å²) in [6.45, 7) is 1.88. The average molecular weight is 253 g/mol. The topological polar surface area (TPSA) is 92.9 Å². The summed E-state index contributed by atoms with van der Waals surface area (Å²) in [4.78, 5) is 14.7. The maximum absolute atomic E-state index is 10.9. The third kappa shape index (κ3) is 2.26. The molecule has 17 heavy (non-hydrogen) atoms. The fraction of sp³-hybridized carbons (Fsp3) is 0.333. The maximum Gasteiger partial charge on any atom is 0.357 e. The van der Waals surface area contributed by atoms with E-state index in [1.807, 2.05) is 14.0 Å². The van der Waals surface area contributed by atoms with E-state index in [1.54, 1.807) is 10.9 Å². The number of aryl methyl sites for hydroxylation is 1. The van der Waals surface area contributed by atoms with E-state index < -0.39 is 5.97 Å². The van der Waals surface area contributed by atoms with E-state index >= 15 is 0 Å². The number of hydrogen-bond acceptors (Lipinski definition) is 6. The summed E-state index contributed by atoms with van der Waals surface area (Å²) in [7, 11) is 1.83. The average Bonchev–Trinajstić information content (AvgIpc) is 2.86. The van der Waals surface area contributed by atoms with E-state index in [4.69, 9.17) is 5.11 Å². The number of thiazole rings is 1. The molecule has 0 aliphatic heterocycles. The molecular weight excluding hydrogens is 242 g/mol. The van der Waals surface area contributed by atoms with Gasteiger partial charge in [0.1, 0.15) is 11.3 Å². The number of hydrogen-bond donors (Lipinski definition) is 2. The highest BCUT2D eigenvalue weighted by molar-refractivity contribution is 7.14. The summed E-state index contributed by atoms with van der Waals surface area (Å²) in [6, 6.07) is -0.138. The molecular formula is C9H11N5O2S. The first-order valence-corrected chi connectivity index (χ1v) is 5.74. The Morgan fingerprint density at radius 1 is 1.65 bits per heavy atom. The fourth-order valence-corrected chi connectivity index (χ4v) is 2.21. The van der Waals surface area contributed by atoms with Crippen LogP contribution in [-0.4, -0.2) is 30.8 Å². The van der Waals surface area contributed by atoms with Crippen LogP contribution in [0, 0.1) is 0 Å². The largest absolute Gasteiger partial charge is 0.476 e. The second-order valence-electron chi connectivity index (χ2n) is 3.50. The summed E-state index contributed by atoms with van der Waals surface area (Å²) in [5, 5.41) is 20.2. The van der Waals surface area contributed by atoms with Crippen molar-refractivity contribution >= 4 is 22.3 Å². The molecule has 2 aromatic rings. The van der Waals surface area contributed by atoms with E-state index in [0.717, 1.165) is 5.82 Å². The molecule has 0 aromatic carbocycles. The quantitative estimate of drug-likeness (QED) is 0.848. The van der Waals surface area contributed by atoms with Gasteiger partial charge < -0.3 is 15.0 Å². The first-order valence-electron chi connectivity index (χ1n) is 4.86. The summed E-state index contributed by atoms with van der Waals surface area (Å²) >= 11 is 1.25. The van der Waals surface area contributed by atoms with Crippen LogP contribution in [0.25, 0.3) is 0 Å². The van der Waals surface area contributed by atoms with Crippen molar-refractivity contribution in [2.24, 2.45) is 7.05 Å². The minimum Gasteiger partial charge on any atom is -0.476 e. The van der Waals surface area contributed by atoms with Gasteiger partial charge in [0.25, 0.3) is 0 Å².